The van der Waals surface area contributed by atoms with Crippen LogP contribution >= 0.6 is 0 Å². The Morgan fingerprint density at radius 2 is 1.07 bits per heavy atom. The molecule has 0 bridgehead atoms. The van der Waals surface area contributed by atoms with Crippen LogP contribution in [0.5, 0.6) is 23.0 Å². The molecule has 2 atom stereocenters. The molecule has 2 saturated heterocycles. The van der Waals surface area contributed by atoms with Gasteiger partial charge in [-0.2, -0.15) is 5.26 Å². The SMILES string of the molecule is C.C.N#CC1CCN(Cc2ccc([C@H]3COc4ccccc4O3)cc2)CC1.c1ccc2c(c1)OC[C@H](c1ccc(CN3CCC(C4=NNNN4)CC3)cc1)O2. The van der Waals surface area contributed by atoms with E-state index in [4.69, 9.17) is 24.2 Å². The molecule has 0 aliphatic carbocycles. The highest BCUT2D eigenvalue weighted by Gasteiger charge is 2.26. The van der Waals surface area contributed by atoms with Gasteiger partial charge < -0.3 is 18.9 Å². The summed E-state index contributed by atoms with van der Waals surface area (Å²) in [5, 5.41) is 13.2. The third-order valence-corrected chi connectivity index (χ3v) is 10.7. The van der Waals surface area contributed by atoms with E-state index in [1.165, 1.54) is 11.1 Å². The number of hydrazine groups is 2. The lowest BCUT2D eigenvalue weighted by atomic mass is 9.95. The zero-order chi connectivity index (χ0) is 35.8. The van der Waals surface area contributed by atoms with Crippen molar-refractivity contribution >= 4 is 5.84 Å². The first-order valence-electron chi connectivity index (χ1n) is 18.8. The maximum Gasteiger partial charge on any atom is 0.162 e. The van der Waals surface area contributed by atoms with Gasteiger partial charge in [-0.15, -0.1) is 10.6 Å². The normalized spacial score (nSPS) is 20.8. The highest BCUT2D eigenvalue weighted by Crippen LogP contribution is 2.37. The maximum atomic E-state index is 8.99. The number of nitrogens with zero attached hydrogens (tertiary/aromatic N) is 4. The lowest BCUT2D eigenvalue weighted by Gasteiger charge is -2.31. The molecule has 0 amide bonds. The van der Waals surface area contributed by atoms with Crippen molar-refractivity contribution in [2.75, 3.05) is 39.4 Å². The number of para-hydroxylation sites is 4. The number of nitriles is 1. The second-order valence-corrected chi connectivity index (χ2v) is 14.3. The first-order chi connectivity index (χ1) is 26.2. The second kappa shape index (κ2) is 18.8. The van der Waals surface area contributed by atoms with E-state index in [9.17, 15) is 0 Å². The summed E-state index contributed by atoms with van der Waals surface area (Å²) in [5.41, 5.74) is 13.6. The summed E-state index contributed by atoms with van der Waals surface area (Å²) in [6.07, 6.45) is 4.11. The molecule has 290 valence electrons. The fourth-order valence-corrected chi connectivity index (χ4v) is 7.55. The minimum atomic E-state index is -0.0599. The van der Waals surface area contributed by atoms with Crippen LogP contribution in [0.1, 0.15) is 75.0 Å². The average molecular weight is 746 g/mol. The van der Waals surface area contributed by atoms with Crippen LogP contribution < -0.4 is 35.4 Å². The van der Waals surface area contributed by atoms with E-state index in [-0.39, 0.29) is 33.0 Å². The topological polar surface area (TPSA) is 116 Å². The average Bonchev–Trinajstić information content (AvgIpc) is 3.77. The molecular weight excluding hydrogens is 691 g/mol. The van der Waals surface area contributed by atoms with Gasteiger partial charge in [0.05, 0.1) is 6.07 Å². The van der Waals surface area contributed by atoms with Crippen LogP contribution in [0.3, 0.4) is 0 Å². The summed E-state index contributed by atoms with van der Waals surface area (Å²) in [6.45, 7) is 7.21. The Bertz CT molecular complexity index is 1880. The smallest absolute Gasteiger partial charge is 0.162 e. The summed E-state index contributed by atoms with van der Waals surface area (Å²) in [7, 11) is 0. The molecule has 55 heavy (non-hydrogen) atoms. The highest BCUT2D eigenvalue weighted by atomic mass is 16.6. The van der Waals surface area contributed by atoms with Gasteiger partial charge in [-0.25, -0.2) is 5.53 Å². The number of fused-ring (bicyclic) bond motifs is 2. The van der Waals surface area contributed by atoms with Crippen LogP contribution in [0.2, 0.25) is 0 Å². The number of hydrazone groups is 1. The van der Waals surface area contributed by atoms with Crippen LogP contribution in [-0.4, -0.2) is 55.0 Å². The van der Waals surface area contributed by atoms with E-state index in [1.54, 1.807) is 0 Å². The van der Waals surface area contributed by atoms with Gasteiger partial charge in [0.25, 0.3) is 0 Å². The summed E-state index contributed by atoms with van der Waals surface area (Å²) < 4.78 is 23.8. The van der Waals surface area contributed by atoms with Crippen LogP contribution in [0.25, 0.3) is 0 Å². The predicted octanol–water partition coefficient (Wildman–Crippen LogP) is 7.54. The van der Waals surface area contributed by atoms with Crippen LogP contribution in [0.15, 0.2) is 102 Å². The number of ether oxygens (including phenoxy) is 4. The number of hydrogen-bond donors (Lipinski definition) is 3. The number of hydrogen-bond acceptors (Lipinski definition) is 11. The Labute approximate surface area is 326 Å². The van der Waals surface area contributed by atoms with Gasteiger partial charge in [-0.3, -0.25) is 15.2 Å². The standard InChI is InChI=1S/C21H25N5O2.C21H22N2O2.2CH4/c1-2-4-19-18(3-1)27-14-20(28-19)16-7-5-15(6-8-16)13-26-11-9-17(10-12-26)21-22-24-25-23-21;22-13-16-9-11-23(12-10-16)14-17-5-7-18(8-6-17)21-15-24-19-3-1-2-4-20(19)25-21;;/h1-8,17,20,24-25H,9-14H2,(H,22,23);1-8,16,21H,9-12,14-15H2;2*1H4/t20-;21-;;/m11../s1. The zero-order valence-corrected chi connectivity index (χ0v) is 30.0. The molecule has 0 unspecified atom stereocenters. The molecule has 0 saturated carbocycles. The van der Waals surface area contributed by atoms with Crippen molar-refractivity contribution in [1.82, 2.24) is 26.3 Å². The lowest BCUT2D eigenvalue weighted by molar-refractivity contribution is 0.0912. The van der Waals surface area contributed by atoms with Crippen molar-refractivity contribution in [3.05, 3.63) is 119 Å². The van der Waals surface area contributed by atoms with Gasteiger partial charge in [0, 0.05) is 24.9 Å². The number of amidine groups is 1. The number of nitrogens with one attached hydrogen (secondary N) is 3. The molecule has 11 nitrogen and oxygen atoms in total. The van der Waals surface area contributed by atoms with E-state index in [2.05, 4.69) is 86.0 Å². The van der Waals surface area contributed by atoms with Gasteiger partial charge in [0.1, 0.15) is 19.0 Å². The third kappa shape index (κ3) is 9.89. The van der Waals surface area contributed by atoms with Gasteiger partial charge in [-0.1, -0.05) is 87.6 Å². The van der Waals surface area contributed by atoms with Crippen molar-refractivity contribution in [2.45, 2.75) is 65.8 Å². The Morgan fingerprint density at radius 1 is 0.618 bits per heavy atom. The predicted molar refractivity (Wildman–Crippen MR) is 215 cm³/mol. The minimum absolute atomic E-state index is 0. The highest BCUT2D eigenvalue weighted by molar-refractivity contribution is 5.84. The number of rotatable bonds is 7. The van der Waals surface area contributed by atoms with Crippen molar-refractivity contribution in [3.63, 3.8) is 0 Å². The largest absolute Gasteiger partial charge is 0.485 e. The Kier molecular flexibility index (Phi) is 13.5. The van der Waals surface area contributed by atoms with Crippen molar-refractivity contribution < 1.29 is 18.9 Å². The third-order valence-electron chi connectivity index (χ3n) is 10.7. The Hall–Kier alpha value is -5.28. The molecule has 9 rings (SSSR count). The summed E-state index contributed by atoms with van der Waals surface area (Å²) in [4.78, 5) is 4.94. The summed E-state index contributed by atoms with van der Waals surface area (Å²) in [6, 6.07) is 35.4. The molecule has 0 aromatic heterocycles. The molecular formula is C44H55N7O4. The first kappa shape index (κ1) is 39.4. The fourth-order valence-electron chi connectivity index (χ4n) is 7.55. The van der Waals surface area contributed by atoms with Crippen molar-refractivity contribution in [3.8, 4) is 29.1 Å². The maximum absolute atomic E-state index is 8.99. The quantitative estimate of drug-likeness (QED) is 0.175. The number of likely N-dealkylation sites (tertiary alicyclic amines) is 2. The van der Waals surface area contributed by atoms with Crippen molar-refractivity contribution in [1.29, 1.82) is 5.26 Å². The number of piperidine rings is 2. The van der Waals surface area contributed by atoms with Crippen LogP contribution in [-0.2, 0) is 13.1 Å². The molecule has 11 heteroatoms. The van der Waals surface area contributed by atoms with E-state index < -0.39 is 0 Å². The fraction of sp³-hybridized carbons (Fsp3) is 0.409. The van der Waals surface area contributed by atoms with Gasteiger partial charge in [-0.05, 0) is 98.4 Å². The Morgan fingerprint density at radius 3 is 1.51 bits per heavy atom. The van der Waals surface area contributed by atoms with E-state index in [0.717, 1.165) is 105 Å². The van der Waals surface area contributed by atoms with E-state index >= 15 is 0 Å². The molecule has 2 fully saturated rings. The first-order valence-corrected chi connectivity index (χ1v) is 18.8. The monoisotopic (exact) mass is 745 g/mol. The molecule has 4 aromatic rings. The number of benzene rings is 4. The minimum Gasteiger partial charge on any atom is -0.485 e. The van der Waals surface area contributed by atoms with Gasteiger partial charge in [0.2, 0.25) is 0 Å². The molecule has 5 heterocycles. The van der Waals surface area contributed by atoms with Crippen molar-refractivity contribution in [2.24, 2.45) is 16.9 Å². The van der Waals surface area contributed by atoms with E-state index in [1.807, 2.05) is 48.5 Å². The molecule has 5 aliphatic heterocycles. The van der Waals surface area contributed by atoms with E-state index in [0.29, 0.717) is 19.1 Å². The zero-order valence-electron chi connectivity index (χ0n) is 30.0. The molecule has 0 spiro atoms. The van der Waals surface area contributed by atoms with Gasteiger partial charge >= 0.3 is 0 Å². The second-order valence-electron chi connectivity index (χ2n) is 14.3. The lowest BCUT2D eigenvalue weighted by Crippen LogP contribution is -2.42. The molecule has 4 aromatic carbocycles. The summed E-state index contributed by atoms with van der Waals surface area (Å²) >= 11 is 0. The van der Waals surface area contributed by atoms with Gasteiger partial charge in [0.15, 0.2) is 35.2 Å². The molecule has 0 radical (unpaired) electrons. The molecule has 3 N–H and O–H groups in total. The molecule has 5 aliphatic rings. The van der Waals surface area contributed by atoms with Crippen LogP contribution in [0, 0.1) is 23.2 Å². The Balaban J connectivity index is 0.000000182. The van der Waals surface area contributed by atoms with Crippen LogP contribution in [0.4, 0.5) is 0 Å². The summed E-state index contributed by atoms with van der Waals surface area (Å²) in [5.74, 6) is 5.04.